The molecule has 2 aromatic carbocycles. The van der Waals surface area contributed by atoms with Crippen LogP contribution < -0.4 is 16.0 Å². The predicted octanol–water partition coefficient (Wildman–Crippen LogP) is 3.58. The summed E-state index contributed by atoms with van der Waals surface area (Å²) in [4.78, 5) is 25.4. The number of hydrogen-bond donors (Lipinski definition) is 4. The van der Waals surface area contributed by atoms with Crippen LogP contribution in [0.5, 0.6) is 0 Å². The highest BCUT2D eigenvalue weighted by atomic mass is 19.1. The number of halogens is 1. The third-order valence-electron chi connectivity index (χ3n) is 6.27. The van der Waals surface area contributed by atoms with Crippen LogP contribution in [-0.4, -0.2) is 40.0 Å². The topological polar surface area (TPSA) is 108 Å². The maximum Gasteiger partial charge on any atom is 0.320 e. The molecule has 0 spiro atoms. The van der Waals surface area contributed by atoms with Gasteiger partial charge in [-0.15, -0.1) is 0 Å². The monoisotopic (exact) mass is 465 g/mol. The largest absolute Gasteiger partial charge is 0.391 e. The highest BCUT2D eigenvalue weighted by molar-refractivity contribution is 5.97. The first-order chi connectivity index (χ1) is 16.1. The fourth-order valence-electron chi connectivity index (χ4n) is 4.54. The lowest BCUT2D eigenvalue weighted by Gasteiger charge is -2.40. The lowest BCUT2D eigenvalue weighted by Crippen LogP contribution is -2.45. The zero-order chi connectivity index (χ0) is 24.6. The van der Waals surface area contributed by atoms with Gasteiger partial charge in [0.05, 0.1) is 17.8 Å². The van der Waals surface area contributed by atoms with E-state index >= 15 is 0 Å². The third kappa shape index (κ3) is 4.26. The van der Waals surface area contributed by atoms with Crippen molar-refractivity contribution in [2.75, 3.05) is 12.4 Å². The van der Waals surface area contributed by atoms with E-state index in [9.17, 15) is 19.1 Å². The van der Waals surface area contributed by atoms with Crippen molar-refractivity contribution in [1.29, 1.82) is 0 Å². The van der Waals surface area contributed by atoms with Gasteiger partial charge in [0, 0.05) is 12.6 Å². The van der Waals surface area contributed by atoms with E-state index in [1.54, 1.807) is 25.1 Å². The summed E-state index contributed by atoms with van der Waals surface area (Å²) in [5.41, 5.74) is 2.30. The van der Waals surface area contributed by atoms with Crippen LogP contribution in [0.1, 0.15) is 53.5 Å². The molecule has 9 heteroatoms. The molecule has 0 saturated heterocycles. The van der Waals surface area contributed by atoms with E-state index in [4.69, 9.17) is 0 Å². The third-order valence-corrected chi connectivity index (χ3v) is 6.27. The standard InChI is InChI=1S/C25H28FN5O3/c1-14-20(23(33)27-4)30-31(16-8-6-5-7-9-16)22(14)29-24(34)28-21-17-11-10-15(26)12-18(17)25(2,3)13-19(21)32/h5-12,19,21,32H,13H2,1-4H3,(H,27,33)(H2,28,29,34)/t19?,21-/m1/s1. The Kier molecular flexibility index (Phi) is 6.14. The summed E-state index contributed by atoms with van der Waals surface area (Å²) in [5, 5.41) is 23.4. The van der Waals surface area contributed by atoms with Gasteiger partial charge in [-0.2, -0.15) is 5.10 Å². The molecular weight excluding hydrogens is 437 g/mol. The number of nitrogens with one attached hydrogen (secondary N) is 3. The van der Waals surface area contributed by atoms with Crippen LogP contribution in [0.2, 0.25) is 0 Å². The number of rotatable bonds is 4. The summed E-state index contributed by atoms with van der Waals surface area (Å²) >= 11 is 0. The van der Waals surface area contributed by atoms with Gasteiger partial charge in [0.1, 0.15) is 11.6 Å². The molecule has 0 fully saturated rings. The van der Waals surface area contributed by atoms with Gasteiger partial charge in [-0.25, -0.2) is 13.9 Å². The average Bonchev–Trinajstić information content (AvgIpc) is 3.12. The van der Waals surface area contributed by atoms with Crippen molar-refractivity contribution in [3.05, 3.63) is 76.7 Å². The number of aromatic nitrogens is 2. The molecule has 0 bridgehead atoms. The molecule has 3 aromatic rings. The number of hydrogen-bond acceptors (Lipinski definition) is 4. The smallest absolute Gasteiger partial charge is 0.320 e. The maximum atomic E-state index is 14.0. The highest BCUT2D eigenvalue weighted by Gasteiger charge is 2.39. The fraction of sp³-hybridized carbons (Fsp3) is 0.320. The number of carbonyl (C=O) groups is 2. The minimum absolute atomic E-state index is 0.182. The molecule has 1 heterocycles. The van der Waals surface area contributed by atoms with Gasteiger partial charge in [-0.1, -0.05) is 38.1 Å². The van der Waals surface area contributed by atoms with Gasteiger partial charge in [0.2, 0.25) is 0 Å². The molecule has 1 aliphatic carbocycles. The molecule has 4 rings (SSSR count). The summed E-state index contributed by atoms with van der Waals surface area (Å²) in [6, 6.07) is 12.2. The van der Waals surface area contributed by atoms with E-state index in [0.717, 1.165) is 5.56 Å². The lowest BCUT2D eigenvalue weighted by atomic mass is 9.69. The van der Waals surface area contributed by atoms with E-state index in [-0.39, 0.29) is 17.4 Å². The van der Waals surface area contributed by atoms with Crippen molar-refractivity contribution in [2.24, 2.45) is 0 Å². The van der Waals surface area contributed by atoms with Crippen LogP contribution in [-0.2, 0) is 5.41 Å². The molecule has 4 N–H and O–H groups in total. The van der Waals surface area contributed by atoms with Gasteiger partial charge in [0.15, 0.2) is 5.69 Å². The van der Waals surface area contributed by atoms with Gasteiger partial charge >= 0.3 is 6.03 Å². The van der Waals surface area contributed by atoms with Crippen molar-refractivity contribution < 1.29 is 19.1 Å². The summed E-state index contributed by atoms with van der Waals surface area (Å²) in [5.74, 6) is -0.417. The van der Waals surface area contributed by atoms with Crippen molar-refractivity contribution >= 4 is 17.8 Å². The first kappa shape index (κ1) is 23.4. The molecule has 0 aliphatic heterocycles. The van der Waals surface area contributed by atoms with Crippen molar-refractivity contribution in [3.63, 3.8) is 0 Å². The zero-order valence-electron chi connectivity index (χ0n) is 19.5. The molecule has 0 radical (unpaired) electrons. The lowest BCUT2D eigenvalue weighted by molar-refractivity contribution is 0.0881. The molecule has 1 unspecified atom stereocenters. The van der Waals surface area contributed by atoms with E-state index in [1.165, 1.54) is 23.9 Å². The van der Waals surface area contributed by atoms with E-state index < -0.39 is 23.6 Å². The number of amides is 3. The Morgan fingerprint density at radius 3 is 2.56 bits per heavy atom. The van der Waals surface area contributed by atoms with Crippen LogP contribution in [0.4, 0.5) is 15.0 Å². The highest BCUT2D eigenvalue weighted by Crippen LogP contribution is 2.42. The van der Waals surface area contributed by atoms with E-state index in [1.807, 2.05) is 32.0 Å². The summed E-state index contributed by atoms with van der Waals surface area (Å²) in [6.07, 6.45) is -0.504. The second kappa shape index (κ2) is 8.90. The number of carbonyl (C=O) groups excluding carboxylic acids is 2. The van der Waals surface area contributed by atoms with Gasteiger partial charge in [-0.3, -0.25) is 10.1 Å². The van der Waals surface area contributed by atoms with Crippen LogP contribution in [0, 0.1) is 12.7 Å². The Morgan fingerprint density at radius 2 is 1.88 bits per heavy atom. The number of benzene rings is 2. The van der Waals surface area contributed by atoms with Gasteiger partial charge in [0.25, 0.3) is 5.91 Å². The summed E-state index contributed by atoms with van der Waals surface area (Å²) < 4.78 is 15.4. The molecule has 0 saturated carbocycles. The van der Waals surface area contributed by atoms with Gasteiger partial charge < -0.3 is 15.7 Å². The predicted molar refractivity (Wildman–Crippen MR) is 127 cm³/mol. The molecule has 2 atom stereocenters. The second-order valence-electron chi connectivity index (χ2n) is 9.11. The van der Waals surface area contributed by atoms with Crippen LogP contribution in [0.15, 0.2) is 48.5 Å². The van der Waals surface area contributed by atoms with Crippen LogP contribution in [0.25, 0.3) is 5.69 Å². The Hall–Kier alpha value is -3.72. The Morgan fingerprint density at radius 1 is 1.18 bits per heavy atom. The molecule has 3 amide bonds. The van der Waals surface area contributed by atoms with Crippen molar-refractivity contribution in [1.82, 2.24) is 20.4 Å². The first-order valence-electron chi connectivity index (χ1n) is 11.0. The number of nitrogens with zero attached hydrogens (tertiary/aromatic N) is 2. The normalized spacial score (nSPS) is 18.6. The van der Waals surface area contributed by atoms with Gasteiger partial charge in [-0.05, 0) is 54.2 Å². The maximum absolute atomic E-state index is 14.0. The molecule has 178 valence electrons. The van der Waals surface area contributed by atoms with E-state index in [2.05, 4.69) is 21.0 Å². The zero-order valence-corrected chi connectivity index (χ0v) is 19.5. The summed E-state index contributed by atoms with van der Waals surface area (Å²) in [6.45, 7) is 5.57. The minimum atomic E-state index is -0.861. The number of aliphatic hydroxyl groups excluding tert-OH is 1. The van der Waals surface area contributed by atoms with Crippen molar-refractivity contribution in [3.8, 4) is 5.69 Å². The van der Waals surface area contributed by atoms with Crippen molar-refractivity contribution in [2.45, 2.75) is 44.8 Å². The quantitative estimate of drug-likeness (QED) is 0.472. The SMILES string of the molecule is CNC(=O)c1nn(-c2ccccc2)c(NC(=O)N[C@@H]2c3ccc(F)cc3C(C)(C)CC2O)c1C. The molecule has 8 nitrogen and oxygen atoms in total. The molecular formula is C25H28FN5O3. The van der Waals surface area contributed by atoms with Crippen LogP contribution >= 0.6 is 0 Å². The number of aliphatic hydroxyl groups is 1. The minimum Gasteiger partial charge on any atom is -0.391 e. The Labute approximate surface area is 197 Å². The summed E-state index contributed by atoms with van der Waals surface area (Å²) in [7, 11) is 1.51. The van der Waals surface area contributed by atoms with E-state index in [0.29, 0.717) is 29.1 Å². The molecule has 34 heavy (non-hydrogen) atoms. The van der Waals surface area contributed by atoms with Crippen LogP contribution in [0.3, 0.4) is 0 Å². The average molecular weight is 466 g/mol. The number of anilines is 1. The first-order valence-corrected chi connectivity index (χ1v) is 11.0. The number of fused-ring (bicyclic) bond motifs is 1. The Bertz CT molecular complexity index is 1240. The Balaban J connectivity index is 1.66. The number of para-hydroxylation sites is 1. The fourth-order valence-corrected chi connectivity index (χ4v) is 4.54. The second-order valence-corrected chi connectivity index (χ2v) is 9.11. The molecule has 1 aromatic heterocycles. The molecule has 1 aliphatic rings. The number of urea groups is 1.